The van der Waals surface area contributed by atoms with Gasteiger partial charge in [-0.05, 0) is 61.0 Å². The molecule has 0 saturated carbocycles. The summed E-state index contributed by atoms with van der Waals surface area (Å²) in [6.07, 6.45) is 5.32. The van der Waals surface area contributed by atoms with Crippen LogP contribution in [0.1, 0.15) is 36.9 Å². The van der Waals surface area contributed by atoms with Crippen molar-refractivity contribution in [2.45, 2.75) is 43.9 Å². The van der Waals surface area contributed by atoms with Gasteiger partial charge in [0.2, 0.25) is 0 Å². The molecule has 3 atom stereocenters. The Labute approximate surface area is 310 Å². The van der Waals surface area contributed by atoms with E-state index in [0.717, 1.165) is 24.4 Å². The summed E-state index contributed by atoms with van der Waals surface area (Å²) in [6.45, 7) is 2.33. The molecule has 8 rings (SSSR count). The second-order valence-electron chi connectivity index (χ2n) is 13.5. The fraction of sp³-hybridized carbons (Fsp3) is 0.317. The highest BCUT2D eigenvalue weighted by atomic mass is 19.1. The van der Waals surface area contributed by atoms with Crippen LogP contribution in [0.5, 0.6) is 6.01 Å². The van der Waals surface area contributed by atoms with E-state index in [-0.39, 0.29) is 43.1 Å². The molecule has 3 fully saturated rings. The van der Waals surface area contributed by atoms with Crippen molar-refractivity contribution in [3.05, 3.63) is 95.8 Å². The first-order valence-electron chi connectivity index (χ1n) is 17.8. The van der Waals surface area contributed by atoms with Crippen LogP contribution in [0.15, 0.2) is 78.8 Å². The number of pyridine rings is 1. The number of benzene rings is 3. The van der Waals surface area contributed by atoms with Gasteiger partial charge in [-0.15, -0.1) is 0 Å². The van der Waals surface area contributed by atoms with Crippen molar-refractivity contribution in [1.29, 1.82) is 10.5 Å². The third kappa shape index (κ3) is 7.28. The van der Waals surface area contributed by atoms with Crippen molar-refractivity contribution in [1.82, 2.24) is 24.8 Å². The number of carbonyl (C=O) groups is 1. The Bertz CT molecular complexity index is 2290. The van der Waals surface area contributed by atoms with Gasteiger partial charge in [0.25, 0.3) is 5.91 Å². The molecule has 5 aromatic rings. The van der Waals surface area contributed by atoms with Gasteiger partial charge in [-0.25, -0.2) is 13.2 Å². The van der Waals surface area contributed by atoms with Gasteiger partial charge >= 0.3 is 6.01 Å². The van der Waals surface area contributed by atoms with Crippen molar-refractivity contribution in [2.75, 3.05) is 44.7 Å². The first-order chi connectivity index (χ1) is 26.3. The van der Waals surface area contributed by atoms with Crippen molar-refractivity contribution in [3.63, 3.8) is 0 Å². The van der Waals surface area contributed by atoms with Gasteiger partial charge in [-0.1, -0.05) is 42.5 Å². The second kappa shape index (κ2) is 15.9. The number of hydrogen-bond acceptors (Lipinski definition) is 9. The molecule has 0 N–H and O–H groups in total. The van der Waals surface area contributed by atoms with E-state index in [0.29, 0.717) is 46.0 Å². The van der Waals surface area contributed by atoms with Crippen LogP contribution in [0.3, 0.4) is 0 Å². The molecule has 54 heavy (non-hydrogen) atoms. The topological polar surface area (TPSA) is 122 Å². The Morgan fingerprint density at radius 2 is 1.83 bits per heavy atom. The Morgan fingerprint density at radius 3 is 2.57 bits per heavy atom. The molecule has 3 aliphatic heterocycles. The maximum Gasteiger partial charge on any atom is 0.318 e. The quantitative estimate of drug-likeness (QED) is 0.170. The molecule has 0 spiro atoms. The van der Waals surface area contributed by atoms with Gasteiger partial charge in [0.15, 0.2) is 11.6 Å². The van der Waals surface area contributed by atoms with Crippen LogP contribution in [0.2, 0.25) is 0 Å². The molecule has 3 aromatic carbocycles. The van der Waals surface area contributed by atoms with Crippen molar-refractivity contribution in [2.24, 2.45) is 0 Å². The fourth-order valence-corrected chi connectivity index (χ4v) is 7.74. The lowest BCUT2D eigenvalue weighted by molar-refractivity contribution is -0.131. The molecule has 0 radical (unpaired) electrons. The monoisotopic (exact) mass is 730 g/mol. The number of anilines is 1. The Morgan fingerprint density at radius 1 is 1.00 bits per heavy atom. The third-order valence-corrected chi connectivity index (χ3v) is 10.3. The molecule has 5 heterocycles. The van der Waals surface area contributed by atoms with Gasteiger partial charge in [-0.2, -0.15) is 20.5 Å². The summed E-state index contributed by atoms with van der Waals surface area (Å²) >= 11 is 0. The average molecular weight is 731 g/mol. The van der Waals surface area contributed by atoms with Crippen molar-refractivity contribution < 1.29 is 22.7 Å². The number of carbonyl (C=O) groups excluding carboxylic acids is 1. The molecule has 0 aliphatic carbocycles. The summed E-state index contributed by atoms with van der Waals surface area (Å²) < 4.78 is 49.4. The largest absolute Gasteiger partial charge is 0.467 e. The minimum Gasteiger partial charge on any atom is -0.467 e. The second-order valence-corrected chi connectivity index (χ2v) is 13.5. The maximum absolute atomic E-state index is 16.4. The molecule has 3 saturated heterocycles. The number of rotatable bonds is 6. The first kappa shape index (κ1) is 36.3. The maximum atomic E-state index is 16.4. The zero-order valence-corrected chi connectivity index (χ0v) is 29.6. The number of fused-ring (bicyclic) bond motifs is 3. The number of alkyl halides is 1. The molecule has 13 heteroatoms. The normalized spacial score (nSPS) is 19.9. The van der Waals surface area contributed by atoms with Crippen molar-refractivity contribution >= 4 is 39.5 Å². The minimum absolute atomic E-state index is 0.0143. The molecule has 3 unspecified atom stereocenters. The molecule has 2 aromatic heterocycles. The summed E-state index contributed by atoms with van der Waals surface area (Å²) in [7, 11) is 1.38. The zero-order valence-electron chi connectivity index (χ0n) is 29.6. The van der Waals surface area contributed by atoms with Crippen LogP contribution < -0.4 is 9.64 Å². The number of methoxy groups -OCH3 is 1. The first-order valence-corrected chi connectivity index (χ1v) is 17.8. The summed E-state index contributed by atoms with van der Waals surface area (Å²) in [4.78, 5) is 31.4. The van der Waals surface area contributed by atoms with Gasteiger partial charge in [0.05, 0.1) is 43.0 Å². The molecule has 10 nitrogen and oxygen atoms in total. The van der Waals surface area contributed by atoms with Crippen LogP contribution >= 0.6 is 0 Å². The summed E-state index contributed by atoms with van der Waals surface area (Å²) in [6, 6.07) is 23.2. The van der Waals surface area contributed by atoms with Gasteiger partial charge < -0.3 is 14.5 Å². The third-order valence-electron chi connectivity index (χ3n) is 10.3. The molecule has 274 valence electrons. The Balaban J connectivity index is 0.000000433. The number of halogens is 3. The molecular formula is C41H37F3N8O2. The highest BCUT2D eigenvalue weighted by Crippen LogP contribution is 2.38. The highest BCUT2D eigenvalue weighted by molar-refractivity contribution is 6.03. The van der Waals surface area contributed by atoms with E-state index in [2.05, 4.69) is 32.0 Å². The fourth-order valence-electron chi connectivity index (χ4n) is 7.74. The number of nitrogens with zero attached hydrogens (tertiary/aromatic N) is 8. The van der Waals surface area contributed by atoms with E-state index < -0.39 is 29.8 Å². The van der Waals surface area contributed by atoms with E-state index in [1.165, 1.54) is 31.0 Å². The van der Waals surface area contributed by atoms with Gasteiger partial charge in [-0.3, -0.25) is 14.7 Å². The predicted molar refractivity (Wildman–Crippen MR) is 199 cm³/mol. The SMILES string of the molecule is COc1nc(N2CCN(C(=O)/C(F)=C/c3ccccn3)C(CC#N)C2)c2ccc(-c3cccc4cccc(C#N)c34)c(F)c2n1.FC1CC2CCCN2C1. The summed E-state index contributed by atoms with van der Waals surface area (Å²) in [5.74, 6) is -2.08. The molecular weight excluding hydrogens is 693 g/mol. The van der Waals surface area contributed by atoms with E-state index in [4.69, 9.17) is 4.74 Å². The highest BCUT2D eigenvalue weighted by Gasteiger charge is 2.35. The van der Waals surface area contributed by atoms with Crippen LogP contribution in [-0.2, 0) is 4.79 Å². The lowest BCUT2D eigenvalue weighted by Crippen LogP contribution is -2.55. The van der Waals surface area contributed by atoms with Crippen LogP contribution in [-0.4, -0.2) is 88.7 Å². The number of amides is 1. The lowest BCUT2D eigenvalue weighted by atomic mass is 9.94. The molecule has 3 aliphatic rings. The number of ether oxygens (including phenoxy) is 1. The predicted octanol–water partition coefficient (Wildman–Crippen LogP) is 7.00. The van der Waals surface area contributed by atoms with E-state index in [1.807, 2.05) is 17.0 Å². The van der Waals surface area contributed by atoms with Gasteiger partial charge in [0.1, 0.15) is 17.5 Å². The summed E-state index contributed by atoms with van der Waals surface area (Å²) in [5, 5.41) is 21.1. The molecule has 1 amide bonds. The average Bonchev–Trinajstić information content (AvgIpc) is 3.79. The minimum atomic E-state index is -0.984. The number of piperazine rings is 1. The van der Waals surface area contributed by atoms with Crippen LogP contribution in [0, 0.1) is 28.5 Å². The van der Waals surface area contributed by atoms with E-state index in [1.54, 1.807) is 54.6 Å². The van der Waals surface area contributed by atoms with Crippen LogP contribution in [0.25, 0.3) is 38.9 Å². The Kier molecular flexibility index (Phi) is 10.7. The number of hydrogen-bond donors (Lipinski definition) is 0. The summed E-state index contributed by atoms with van der Waals surface area (Å²) in [5.41, 5.74) is 1.54. The van der Waals surface area contributed by atoms with Crippen molar-refractivity contribution in [3.8, 4) is 29.3 Å². The van der Waals surface area contributed by atoms with Crippen LogP contribution in [0.4, 0.5) is 19.0 Å². The zero-order chi connectivity index (χ0) is 37.8. The standard InChI is InChI=1S/C34H25F2N7O2.C7H12FN/c1-45-34-40-31-27(12-11-26(30(31)36)25-10-5-7-21-6-4-8-22(19-38)29(21)25)32(41-34)42-16-17-43(24(20-42)13-14-37)33(44)28(35)18-23-9-2-3-15-39-23;8-6-4-7-2-1-3-9(7)5-6/h2-12,15,18,24H,13,16-17,20H2,1H3;6-7H,1-5H2/b28-18-;. The smallest absolute Gasteiger partial charge is 0.318 e. The Hall–Kier alpha value is -6.05. The van der Waals surface area contributed by atoms with E-state index in [9.17, 15) is 19.7 Å². The van der Waals surface area contributed by atoms with E-state index >= 15 is 8.78 Å². The molecule has 0 bridgehead atoms. The lowest BCUT2D eigenvalue weighted by Gasteiger charge is -2.41. The van der Waals surface area contributed by atoms with Gasteiger partial charge in [0, 0.05) is 60.8 Å². The number of aromatic nitrogens is 3. The number of nitriles is 2.